The summed E-state index contributed by atoms with van der Waals surface area (Å²) in [5, 5.41) is 44.4. The van der Waals surface area contributed by atoms with E-state index in [9.17, 15) is 25.2 Å². The van der Waals surface area contributed by atoms with E-state index < -0.39 is 23.3 Å². The van der Waals surface area contributed by atoms with E-state index in [2.05, 4.69) is 26.5 Å². The van der Waals surface area contributed by atoms with Crippen LogP contribution in [0.4, 0.5) is 0 Å². The highest BCUT2D eigenvalue weighted by molar-refractivity contribution is 5.97. The van der Waals surface area contributed by atoms with Crippen molar-refractivity contribution in [3.8, 4) is 0 Å². The molecule has 3 rings (SSSR count). The van der Waals surface area contributed by atoms with Crippen molar-refractivity contribution in [1.82, 2.24) is 0 Å². The number of Topliss-reactive ketones (excluding diaryl/α,β-unsaturated/α-hetero) is 1. The van der Waals surface area contributed by atoms with Gasteiger partial charge in [-0.1, -0.05) is 71.9 Å². The zero-order chi connectivity index (χ0) is 33.4. The van der Waals surface area contributed by atoms with E-state index in [0.717, 1.165) is 35.1 Å². The zero-order valence-electron chi connectivity index (χ0n) is 27.8. The predicted octanol–water partition coefficient (Wildman–Crippen LogP) is 5.50. The van der Waals surface area contributed by atoms with E-state index >= 15 is 0 Å². The molecular weight excluding hydrogens is 564 g/mol. The molecule has 0 bridgehead atoms. The number of nitrogens with two attached hydrogens (primary N) is 2. The van der Waals surface area contributed by atoms with E-state index in [-0.39, 0.29) is 37.3 Å². The fraction of sp³-hybridized carbons (Fsp3) is 0.553. The van der Waals surface area contributed by atoms with Crippen molar-refractivity contribution >= 4 is 5.78 Å². The van der Waals surface area contributed by atoms with Crippen molar-refractivity contribution in [2.75, 3.05) is 13.2 Å². The first-order chi connectivity index (χ1) is 21.3. The minimum Gasteiger partial charge on any atom is -0.396 e. The zero-order valence-corrected chi connectivity index (χ0v) is 27.8. The van der Waals surface area contributed by atoms with Crippen molar-refractivity contribution in [2.24, 2.45) is 28.7 Å². The molecule has 0 aliphatic heterocycles. The Kier molecular flexibility index (Phi) is 13.3. The standard InChI is InChI=1S/C38H56N2O5/c1-25(2)10-6-11-26(3)12-7-15-30(24-42)32-18-20-38(35(32)44)33(16-9-21-41)31(17-19-37(38,5)45)27(4)34(43)23-28-13-8-14-29(22-28)36(39)40/h7-8,10,12-15,22,32-33,35-36,41-42,44-45H,3,6,9,11,16-21,23-24,39-40H2,1-2,4-5H3/b12-7+,30-15-,31-27+/t32-,33-,35-,37-,38-/m1/s1. The Labute approximate surface area is 270 Å². The smallest absolute Gasteiger partial charge is 0.162 e. The molecular formula is C38H56N2O5. The molecule has 248 valence electrons. The molecule has 2 aliphatic rings. The maximum absolute atomic E-state index is 13.7. The molecule has 0 aromatic heterocycles. The highest BCUT2D eigenvalue weighted by atomic mass is 16.3. The molecule has 1 aromatic rings. The van der Waals surface area contributed by atoms with Crippen LogP contribution in [0.1, 0.15) is 96.4 Å². The summed E-state index contributed by atoms with van der Waals surface area (Å²) in [6.07, 6.45) is 11.4. The predicted molar refractivity (Wildman–Crippen MR) is 182 cm³/mol. The monoisotopic (exact) mass is 620 g/mol. The number of hydrogen-bond donors (Lipinski definition) is 6. The summed E-state index contributed by atoms with van der Waals surface area (Å²) in [4.78, 5) is 13.7. The van der Waals surface area contributed by atoms with E-state index in [0.29, 0.717) is 49.7 Å². The van der Waals surface area contributed by atoms with Gasteiger partial charge < -0.3 is 31.9 Å². The first-order valence-corrected chi connectivity index (χ1v) is 16.4. The van der Waals surface area contributed by atoms with Gasteiger partial charge in [-0.25, -0.2) is 0 Å². The maximum atomic E-state index is 13.7. The van der Waals surface area contributed by atoms with Crippen molar-refractivity contribution in [3.05, 3.63) is 94.1 Å². The summed E-state index contributed by atoms with van der Waals surface area (Å²) in [5.41, 5.74) is 15.7. The number of benzene rings is 1. The van der Waals surface area contributed by atoms with E-state index in [1.807, 2.05) is 49.4 Å². The number of aliphatic hydroxyl groups is 4. The Balaban J connectivity index is 1.94. The topological polar surface area (TPSA) is 150 Å². The second-order valence-electron chi connectivity index (χ2n) is 13.6. The lowest BCUT2D eigenvalue weighted by molar-refractivity contribution is -0.167. The lowest BCUT2D eigenvalue weighted by Crippen LogP contribution is -2.59. The Morgan fingerprint density at radius 2 is 1.91 bits per heavy atom. The Hall–Kier alpha value is -2.65. The SMILES string of the molecule is C=C(/C=C/C=C(/CO)[C@H]1CC[C@@]2([C@H](CCCO)/C(=C(\C)C(=O)Cc3cccc(C(N)N)c3)CC[C@@]2(C)O)[C@@H]1O)CCC=C(C)C. The van der Waals surface area contributed by atoms with Crippen LogP contribution in [0, 0.1) is 17.3 Å². The average Bonchev–Trinajstić information content (AvgIpc) is 3.33. The lowest BCUT2D eigenvalue weighted by Gasteiger charge is -2.55. The molecule has 0 saturated heterocycles. The minimum absolute atomic E-state index is 0.0200. The van der Waals surface area contributed by atoms with Crippen molar-refractivity contribution < 1.29 is 25.2 Å². The summed E-state index contributed by atoms with van der Waals surface area (Å²) >= 11 is 0. The van der Waals surface area contributed by atoms with Crippen LogP contribution in [-0.2, 0) is 11.2 Å². The third-order valence-corrected chi connectivity index (χ3v) is 10.3. The van der Waals surface area contributed by atoms with E-state index in [1.54, 1.807) is 6.92 Å². The number of hydrogen-bond acceptors (Lipinski definition) is 7. The largest absolute Gasteiger partial charge is 0.396 e. The van der Waals surface area contributed by atoms with Crippen LogP contribution in [0.15, 0.2) is 83.0 Å². The van der Waals surface area contributed by atoms with Crippen molar-refractivity contribution in [3.63, 3.8) is 0 Å². The molecule has 1 aromatic carbocycles. The molecule has 0 unspecified atom stereocenters. The second kappa shape index (κ2) is 16.3. The van der Waals surface area contributed by atoms with Crippen molar-refractivity contribution in [2.45, 2.75) is 103 Å². The third-order valence-electron chi connectivity index (χ3n) is 10.3. The van der Waals surface area contributed by atoms with Crippen LogP contribution in [0.25, 0.3) is 0 Å². The van der Waals surface area contributed by atoms with Gasteiger partial charge in [0.1, 0.15) is 0 Å². The molecule has 0 amide bonds. The van der Waals surface area contributed by atoms with E-state index in [4.69, 9.17) is 11.5 Å². The number of aliphatic hydroxyl groups excluding tert-OH is 3. The summed E-state index contributed by atoms with van der Waals surface area (Å²) < 4.78 is 0. The normalized spacial score (nSPS) is 28.2. The molecule has 7 nitrogen and oxygen atoms in total. The van der Waals surface area contributed by atoms with Crippen LogP contribution in [-0.4, -0.2) is 51.1 Å². The number of rotatable bonds is 14. The molecule has 45 heavy (non-hydrogen) atoms. The van der Waals surface area contributed by atoms with Gasteiger partial charge >= 0.3 is 0 Å². The van der Waals surface area contributed by atoms with Crippen LogP contribution in [0.5, 0.6) is 0 Å². The van der Waals surface area contributed by atoms with Gasteiger partial charge in [0.25, 0.3) is 0 Å². The first-order valence-electron chi connectivity index (χ1n) is 16.4. The second-order valence-corrected chi connectivity index (χ2v) is 13.6. The molecule has 8 N–H and O–H groups in total. The molecule has 7 heteroatoms. The lowest BCUT2D eigenvalue weighted by atomic mass is 9.52. The summed E-state index contributed by atoms with van der Waals surface area (Å²) in [6, 6.07) is 7.44. The molecule has 5 atom stereocenters. The maximum Gasteiger partial charge on any atom is 0.162 e. The summed E-state index contributed by atoms with van der Waals surface area (Å²) in [5.74, 6) is -0.667. The number of carbonyl (C=O) groups is 1. The third kappa shape index (κ3) is 8.59. The quantitative estimate of drug-likeness (QED) is 0.0696. The highest BCUT2D eigenvalue weighted by Crippen LogP contribution is 2.63. The van der Waals surface area contributed by atoms with Crippen molar-refractivity contribution in [1.29, 1.82) is 0 Å². The van der Waals surface area contributed by atoms with Gasteiger partial charge in [-0.05, 0) is 107 Å². The molecule has 1 spiro atoms. The van der Waals surface area contributed by atoms with Gasteiger partial charge in [0.15, 0.2) is 5.78 Å². The van der Waals surface area contributed by atoms with Gasteiger partial charge in [-0.3, -0.25) is 4.79 Å². The van der Waals surface area contributed by atoms with Gasteiger partial charge in [-0.2, -0.15) is 0 Å². The minimum atomic E-state index is -1.20. The fourth-order valence-corrected chi connectivity index (χ4v) is 7.70. The fourth-order valence-electron chi connectivity index (χ4n) is 7.70. The average molecular weight is 621 g/mol. The van der Waals surface area contributed by atoms with Crippen LogP contribution >= 0.6 is 0 Å². The first kappa shape index (κ1) is 36.8. The molecule has 2 fully saturated rings. The van der Waals surface area contributed by atoms with Crippen LogP contribution in [0.3, 0.4) is 0 Å². The molecule has 2 aliphatic carbocycles. The van der Waals surface area contributed by atoms with Gasteiger partial charge in [0.05, 0.1) is 24.5 Å². The van der Waals surface area contributed by atoms with E-state index in [1.165, 1.54) is 5.57 Å². The molecule has 0 heterocycles. The Morgan fingerprint density at radius 3 is 2.56 bits per heavy atom. The number of ketones is 1. The van der Waals surface area contributed by atoms with Crippen LogP contribution in [0.2, 0.25) is 0 Å². The summed E-state index contributed by atoms with van der Waals surface area (Å²) in [7, 11) is 0. The number of carbonyl (C=O) groups excluding carboxylic acids is 1. The Morgan fingerprint density at radius 1 is 1.18 bits per heavy atom. The van der Waals surface area contributed by atoms with Gasteiger partial charge in [0.2, 0.25) is 0 Å². The molecule has 0 radical (unpaired) electrons. The number of allylic oxidation sites excluding steroid dienone is 8. The van der Waals surface area contributed by atoms with Gasteiger partial charge in [0, 0.05) is 24.4 Å². The summed E-state index contributed by atoms with van der Waals surface area (Å²) in [6.45, 7) is 11.7. The van der Waals surface area contributed by atoms with Crippen LogP contribution < -0.4 is 11.5 Å². The Bertz CT molecular complexity index is 1320. The highest BCUT2D eigenvalue weighted by Gasteiger charge is 2.64. The molecule has 2 saturated carbocycles. The van der Waals surface area contributed by atoms with Gasteiger partial charge in [-0.15, -0.1) is 0 Å².